The third-order valence-corrected chi connectivity index (χ3v) is 6.66. The summed E-state index contributed by atoms with van der Waals surface area (Å²) in [5.74, 6) is -0.918. The summed E-state index contributed by atoms with van der Waals surface area (Å²) in [4.78, 5) is 55.8. The molecule has 2 aliphatic rings. The third-order valence-electron chi connectivity index (χ3n) is 6.66. The number of nitrogens with zero attached hydrogens (tertiary/aromatic N) is 4. The highest BCUT2D eigenvalue weighted by molar-refractivity contribution is 6.24. The molecule has 190 valence electrons. The van der Waals surface area contributed by atoms with Gasteiger partial charge in [-0.25, -0.2) is 0 Å². The third kappa shape index (κ3) is 4.94. The van der Waals surface area contributed by atoms with Crippen molar-refractivity contribution in [3.05, 3.63) is 69.3 Å². The Morgan fingerprint density at radius 1 is 1.03 bits per heavy atom. The van der Waals surface area contributed by atoms with Gasteiger partial charge in [0.1, 0.15) is 17.4 Å². The number of imide groups is 1. The lowest BCUT2D eigenvalue weighted by Gasteiger charge is -2.38. The van der Waals surface area contributed by atoms with Crippen LogP contribution in [0.3, 0.4) is 0 Å². The second-order valence-corrected chi connectivity index (χ2v) is 9.53. The quantitative estimate of drug-likeness (QED) is 0.315. The van der Waals surface area contributed by atoms with Crippen LogP contribution in [0, 0.1) is 16.0 Å². The number of ether oxygens (including phenoxy) is 1. The fraction of sp³-hybridized carbons (Fsp3) is 0.423. The molecule has 0 saturated carbocycles. The first-order chi connectivity index (χ1) is 17.2. The predicted molar refractivity (Wildman–Crippen MR) is 132 cm³/mol. The number of benzene rings is 2. The molecule has 3 amide bonds. The van der Waals surface area contributed by atoms with Crippen LogP contribution in [0.25, 0.3) is 0 Å². The summed E-state index contributed by atoms with van der Waals surface area (Å²) in [7, 11) is 1.63. The van der Waals surface area contributed by atoms with Crippen LogP contribution in [0.4, 0.5) is 5.69 Å². The minimum atomic E-state index is -1.01. The first-order valence-electron chi connectivity index (χ1n) is 12.0. The smallest absolute Gasteiger partial charge is 0.282 e. The van der Waals surface area contributed by atoms with E-state index in [4.69, 9.17) is 4.74 Å². The summed E-state index contributed by atoms with van der Waals surface area (Å²) in [6, 6.07) is 10.8. The lowest BCUT2D eigenvalue weighted by atomic mass is 10.0. The van der Waals surface area contributed by atoms with E-state index >= 15 is 0 Å². The Kier molecular flexibility index (Phi) is 7.35. The molecule has 1 fully saturated rings. The minimum Gasteiger partial charge on any atom is -0.497 e. The van der Waals surface area contributed by atoms with Crippen LogP contribution in [0.1, 0.15) is 46.5 Å². The SMILES string of the molecule is COc1ccc(CN2CCN(C(=O)[C@H](CC(C)C)N3C(=O)c4cccc([N+](=O)[O-])c4C3=O)CC2)cc1. The predicted octanol–water partition coefficient (Wildman–Crippen LogP) is 2.96. The van der Waals surface area contributed by atoms with Crippen LogP contribution in [0.5, 0.6) is 5.75 Å². The number of nitro benzene ring substituents is 1. The van der Waals surface area contributed by atoms with Gasteiger partial charge in [0.25, 0.3) is 17.5 Å². The van der Waals surface area contributed by atoms with Gasteiger partial charge >= 0.3 is 0 Å². The number of hydrogen-bond acceptors (Lipinski definition) is 7. The summed E-state index contributed by atoms with van der Waals surface area (Å²) in [5, 5.41) is 11.5. The molecular weight excluding hydrogens is 464 g/mol. The van der Waals surface area contributed by atoms with Gasteiger partial charge in [-0.05, 0) is 36.1 Å². The van der Waals surface area contributed by atoms with E-state index in [0.29, 0.717) is 26.2 Å². The average molecular weight is 495 g/mol. The van der Waals surface area contributed by atoms with E-state index in [1.165, 1.54) is 18.2 Å². The highest BCUT2D eigenvalue weighted by Crippen LogP contribution is 2.33. The Morgan fingerprint density at radius 2 is 1.69 bits per heavy atom. The number of carbonyl (C=O) groups is 3. The molecule has 2 aliphatic heterocycles. The molecule has 0 radical (unpaired) electrons. The second-order valence-electron chi connectivity index (χ2n) is 9.53. The molecule has 0 aromatic heterocycles. The Morgan fingerprint density at radius 3 is 2.28 bits per heavy atom. The van der Waals surface area contributed by atoms with Crippen LogP contribution < -0.4 is 4.74 Å². The van der Waals surface area contributed by atoms with Gasteiger partial charge < -0.3 is 9.64 Å². The molecule has 0 N–H and O–H groups in total. The van der Waals surface area contributed by atoms with Gasteiger partial charge in [-0.1, -0.05) is 32.0 Å². The molecule has 2 aromatic carbocycles. The van der Waals surface area contributed by atoms with Crippen molar-refractivity contribution in [3.63, 3.8) is 0 Å². The number of carbonyl (C=O) groups excluding carboxylic acids is 3. The summed E-state index contributed by atoms with van der Waals surface area (Å²) in [5.41, 5.74) is 0.454. The minimum absolute atomic E-state index is 0.0228. The molecule has 4 rings (SSSR count). The van der Waals surface area contributed by atoms with E-state index in [2.05, 4.69) is 4.90 Å². The van der Waals surface area contributed by atoms with Crippen molar-refractivity contribution < 1.29 is 24.0 Å². The molecule has 10 nitrogen and oxygen atoms in total. The summed E-state index contributed by atoms with van der Waals surface area (Å²) in [6.45, 7) is 6.80. The highest BCUT2D eigenvalue weighted by Gasteiger charge is 2.47. The first-order valence-corrected chi connectivity index (χ1v) is 12.0. The number of piperazine rings is 1. The summed E-state index contributed by atoms with van der Waals surface area (Å²) < 4.78 is 5.20. The zero-order valence-electron chi connectivity index (χ0n) is 20.7. The largest absolute Gasteiger partial charge is 0.497 e. The molecule has 2 aromatic rings. The van der Waals surface area contributed by atoms with E-state index in [-0.39, 0.29) is 29.4 Å². The van der Waals surface area contributed by atoms with E-state index in [9.17, 15) is 24.5 Å². The maximum atomic E-state index is 13.6. The van der Waals surface area contributed by atoms with Crippen LogP contribution in [0.15, 0.2) is 42.5 Å². The highest BCUT2D eigenvalue weighted by atomic mass is 16.6. The molecule has 10 heteroatoms. The van der Waals surface area contributed by atoms with Gasteiger partial charge in [-0.3, -0.25) is 34.3 Å². The number of hydrogen-bond donors (Lipinski definition) is 0. The Hall–Kier alpha value is -3.79. The van der Waals surface area contributed by atoms with Crippen molar-refractivity contribution >= 4 is 23.4 Å². The lowest BCUT2D eigenvalue weighted by molar-refractivity contribution is -0.385. The standard InChI is InChI=1S/C26H30N4O6/c1-17(2)15-22(29-24(31)20-5-4-6-21(30(34)35)23(20)26(29)33)25(32)28-13-11-27(12-14-28)16-18-7-9-19(36-3)10-8-18/h4-10,17,22H,11-16H2,1-3H3/t22-/m0/s1. The molecule has 36 heavy (non-hydrogen) atoms. The van der Waals surface area contributed by atoms with Gasteiger partial charge in [0.2, 0.25) is 5.91 Å². The van der Waals surface area contributed by atoms with Gasteiger partial charge in [-0.2, -0.15) is 0 Å². The fourth-order valence-electron chi connectivity index (χ4n) is 4.81. The zero-order valence-corrected chi connectivity index (χ0v) is 20.7. The number of rotatable bonds is 8. The Labute approximate surface area is 209 Å². The van der Waals surface area contributed by atoms with Gasteiger partial charge in [0.15, 0.2) is 0 Å². The zero-order chi connectivity index (χ0) is 26.0. The number of fused-ring (bicyclic) bond motifs is 1. The molecule has 1 atom stereocenters. The molecule has 2 heterocycles. The molecule has 1 saturated heterocycles. The molecule has 0 spiro atoms. The van der Waals surface area contributed by atoms with E-state index in [1.54, 1.807) is 12.0 Å². The molecular formula is C26H30N4O6. The summed E-state index contributed by atoms with van der Waals surface area (Å²) in [6.07, 6.45) is 0.282. The van der Waals surface area contributed by atoms with Crippen LogP contribution in [-0.4, -0.2) is 76.7 Å². The lowest BCUT2D eigenvalue weighted by Crippen LogP contribution is -2.56. The van der Waals surface area contributed by atoms with Crippen molar-refractivity contribution in [2.75, 3.05) is 33.3 Å². The van der Waals surface area contributed by atoms with Crippen molar-refractivity contribution in [3.8, 4) is 5.75 Å². The van der Waals surface area contributed by atoms with Crippen molar-refractivity contribution in [2.45, 2.75) is 32.9 Å². The maximum absolute atomic E-state index is 13.6. The van der Waals surface area contributed by atoms with Crippen LogP contribution in [-0.2, 0) is 11.3 Å². The molecule has 0 aliphatic carbocycles. The van der Waals surface area contributed by atoms with E-state index < -0.39 is 28.5 Å². The topological polar surface area (TPSA) is 113 Å². The van der Waals surface area contributed by atoms with Crippen molar-refractivity contribution in [1.82, 2.24) is 14.7 Å². The van der Waals surface area contributed by atoms with Gasteiger partial charge in [0.05, 0.1) is 17.6 Å². The average Bonchev–Trinajstić information content (AvgIpc) is 3.12. The first kappa shape index (κ1) is 25.3. The number of nitro groups is 1. The Balaban J connectivity index is 1.48. The van der Waals surface area contributed by atoms with Crippen LogP contribution >= 0.6 is 0 Å². The van der Waals surface area contributed by atoms with E-state index in [1.807, 2.05) is 38.1 Å². The molecule has 0 unspecified atom stereocenters. The molecule has 0 bridgehead atoms. The van der Waals surface area contributed by atoms with Crippen molar-refractivity contribution in [1.29, 1.82) is 0 Å². The summed E-state index contributed by atoms with van der Waals surface area (Å²) >= 11 is 0. The fourth-order valence-corrected chi connectivity index (χ4v) is 4.81. The van der Waals surface area contributed by atoms with Crippen molar-refractivity contribution in [2.24, 2.45) is 5.92 Å². The Bertz CT molecular complexity index is 1170. The number of amides is 3. The van der Waals surface area contributed by atoms with E-state index in [0.717, 1.165) is 22.8 Å². The van der Waals surface area contributed by atoms with Crippen LogP contribution in [0.2, 0.25) is 0 Å². The maximum Gasteiger partial charge on any atom is 0.282 e. The van der Waals surface area contributed by atoms with Gasteiger partial charge in [0, 0.05) is 38.8 Å². The number of methoxy groups -OCH3 is 1. The second kappa shape index (κ2) is 10.4. The monoisotopic (exact) mass is 494 g/mol. The van der Waals surface area contributed by atoms with Gasteiger partial charge in [-0.15, -0.1) is 0 Å². The normalized spacial score (nSPS) is 16.9.